The van der Waals surface area contributed by atoms with Crippen molar-refractivity contribution in [2.75, 3.05) is 30.5 Å². The molecule has 0 bridgehead atoms. The van der Waals surface area contributed by atoms with E-state index < -0.39 is 24.0 Å². The highest BCUT2D eigenvalue weighted by Gasteiger charge is 1.95. The zero-order chi connectivity index (χ0) is 24.2. The van der Waals surface area contributed by atoms with Gasteiger partial charge in [-0.1, -0.05) is 0 Å². The molecule has 0 aromatic heterocycles. The molecule has 9 nitrogen and oxygen atoms in total. The van der Waals surface area contributed by atoms with E-state index in [1.807, 2.05) is 0 Å². The van der Waals surface area contributed by atoms with Crippen molar-refractivity contribution in [3.05, 3.63) is 0 Å². The number of aliphatic hydroxyl groups is 3. The summed E-state index contributed by atoms with van der Waals surface area (Å²) >= 11 is 11.8. The molecule has 0 aliphatic heterocycles. The molecule has 0 saturated carbocycles. The van der Waals surface area contributed by atoms with Gasteiger partial charge in [0.2, 0.25) is 0 Å². The highest BCUT2D eigenvalue weighted by molar-refractivity contribution is 7.80. The molecule has 0 unspecified atom stereocenters. The molecule has 0 aromatic rings. The summed E-state index contributed by atoms with van der Waals surface area (Å²) in [5.74, 6) is 0.207. The van der Waals surface area contributed by atoms with E-state index in [0.29, 0.717) is 0 Å². The molecule has 0 amide bonds. The minimum atomic E-state index is -0.954. The van der Waals surface area contributed by atoms with Crippen LogP contribution in [0.2, 0.25) is 0 Å². The van der Waals surface area contributed by atoms with Gasteiger partial charge in [0, 0.05) is 19.3 Å². The highest BCUT2D eigenvalue weighted by atomic mass is 32.1. The normalized spacial score (nSPS) is 9.30. The van der Waals surface area contributed by atoms with E-state index in [-0.39, 0.29) is 32.5 Å². The minimum Gasteiger partial charge on any atom is -0.481 e. The number of unbranched alkanes of at least 4 members (excludes halogenated alkanes) is 3. The SMILES string of the molecule is O=C(O)CCCCS.O=C(O)CCCCS.O=C(O)CCCCS.OCC(O)CO. The summed E-state index contributed by atoms with van der Waals surface area (Å²) in [4.78, 5) is 29.5. The summed E-state index contributed by atoms with van der Waals surface area (Å²) in [6, 6.07) is 0. The number of carbonyl (C=O) groups is 3. The molecule has 0 aliphatic rings. The fraction of sp³-hybridized carbons (Fsp3) is 0.833. The molecule has 0 atom stereocenters. The number of carboxylic acids is 3. The maximum absolute atomic E-state index is 9.85. The van der Waals surface area contributed by atoms with Gasteiger partial charge in [0.05, 0.1) is 13.2 Å². The Bertz CT molecular complexity index is 334. The molecule has 182 valence electrons. The third-order valence-corrected chi connectivity index (χ3v) is 3.77. The van der Waals surface area contributed by atoms with Gasteiger partial charge in [-0.05, 0) is 55.8 Å². The number of carboxylic acid groups (broad SMARTS) is 3. The Morgan fingerprint density at radius 1 is 0.567 bits per heavy atom. The van der Waals surface area contributed by atoms with E-state index in [1.165, 1.54) is 0 Å². The van der Waals surface area contributed by atoms with E-state index in [9.17, 15) is 14.4 Å². The van der Waals surface area contributed by atoms with Crippen LogP contribution in [0.25, 0.3) is 0 Å². The summed E-state index contributed by atoms with van der Waals surface area (Å²) < 4.78 is 0. The predicted molar refractivity (Wildman–Crippen MR) is 126 cm³/mol. The fourth-order valence-corrected chi connectivity index (χ4v) is 1.89. The second-order valence-corrected chi connectivity index (χ2v) is 7.08. The van der Waals surface area contributed by atoms with Crippen LogP contribution in [-0.4, -0.2) is 85.1 Å². The second kappa shape index (κ2) is 33.0. The Balaban J connectivity index is -0.000000151. The van der Waals surface area contributed by atoms with Crippen molar-refractivity contribution in [2.45, 2.75) is 63.9 Å². The first kappa shape index (κ1) is 36.7. The third-order valence-electron chi connectivity index (χ3n) is 2.82. The van der Waals surface area contributed by atoms with Gasteiger partial charge < -0.3 is 30.6 Å². The van der Waals surface area contributed by atoms with Crippen LogP contribution in [0.1, 0.15) is 57.8 Å². The summed E-state index contributed by atoms with van der Waals surface area (Å²) in [5.41, 5.74) is 0. The van der Waals surface area contributed by atoms with Gasteiger partial charge >= 0.3 is 17.9 Å². The summed E-state index contributed by atoms with van der Waals surface area (Å²) in [5, 5.41) is 48.4. The van der Waals surface area contributed by atoms with Gasteiger partial charge in [-0.2, -0.15) is 37.9 Å². The predicted octanol–water partition coefficient (Wildman–Crippen LogP) is 1.85. The van der Waals surface area contributed by atoms with Crippen molar-refractivity contribution in [3.8, 4) is 0 Å². The van der Waals surface area contributed by atoms with Crippen LogP contribution in [0.15, 0.2) is 0 Å². The third kappa shape index (κ3) is 56.4. The van der Waals surface area contributed by atoms with E-state index in [4.69, 9.17) is 30.6 Å². The number of aliphatic carboxylic acids is 3. The zero-order valence-corrected chi connectivity index (χ0v) is 19.9. The lowest BCUT2D eigenvalue weighted by Gasteiger charge is -1.96. The topological polar surface area (TPSA) is 173 Å². The molecule has 0 spiro atoms. The molecule has 0 aliphatic carbocycles. The van der Waals surface area contributed by atoms with Gasteiger partial charge in [-0.3, -0.25) is 14.4 Å². The average molecular weight is 495 g/mol. The number of aliphatic hydroxyl groups excluding tert-OH is 3. The zero-order valence-electron chi connectivity index (χ0n) is 17.2. The maximum Gasteiger partial charge on any atom is 0.303 e. The van der Waals surface area contributed by atoms with Gasteiger partial charge in [-0.25, -0.2) is 0 Å². The van der Waals surface area contributed by atoms with Crippen molar-refractivity contribution in [2.24, 2.45) is 0 Å². The van der Waals surface area contributed by atoms with Crippen molar-refractivity contribution in [3.63, 3.8) is 0 Å². The van der Waals surface area contributed by atoms with Crippen molar-refractivity contribution >= 4 is 55.8 Å². The lowest BCUT2D eigenvalue weighted by Crippen LogP contribution is -2.15. The molecular weight excluding hydrogens is 456 g/mol. The van der Waals surface area contributed by atoms with Gasteiger partial charge in [0.1, 0.15) is 6.10 Å². The van der Waals surface area contributed by atoms with Crippen LogP contribution >= 0.6 is 37.9 Å². The van der Waals surface area contributed by atoms with E-state index in [1.54, 1.807) is 0 Å². The first-order valence-electron chi connectivity index (χ1n) is 9.50. The van der Waals surface area contributed by atoms with E-state index >= 15 is 0 Å². The highest BCUT2D eigenvalue weighted by Crippen LogP contribution is 1.96. The smallest absolute Gasteiger partial charge is 0.303 e. The van der Waals surface area contributed by atoms with Gasteiger partial charge in [0.15, 0.2) is 0 Å². The number of rotatable bonds is 14. The number of hydrogen-bond acceptors (Lipinski definition) is 9. The van der Waals surface area contributed by atoms with Crippen molar-refractivity contribution < 1.29 is 45.0 Å². The van der Waals surface area contributed by atoms with Gasteiger partial charge in [-0.15, -0.1) is 0 Å². The van der Waals surface area contributed by atoms with Crippen molar-refractivity contribution in [1.29, 1.82) is 0 Å². The molecule has 0 saturated heterocycles. The fourth-order valence-electron chi connectivity index (χ4n) is 1.22. The molecule has 0 rings (SSSR count). The average Bonchev–Trinajstić information content (AvgIpc) is 2.69. The quantitative estimate of drug-likeness (QED) is 0.129. The Morgan fingerprint density at radius 3 is 0.900 bits per heavy atom. The van der Waals surface area contributed by atoms with Gasteiger partial charge in [0.25, 0.3) is 0 Å². The lowest BCUT2D eigenvalue weighted by molar-refractivity contribution is -0.138. The molecule has 0 heterocycles. The van der Waals surface area contributed by atoms with Crippen LogP contribution in [-0.2, 0) is 14.4 Å². The minimum absolute atomic E-state index is 0.278. The Morgan fingerprint density at radius 2 is 0.800 bits per heavy atom. The van der Waals surface area contributed by atoms with Crippen LogP contribution in [0, 0.1) is 0 Å². The van der Waals surface area contributed by atoms with E-state index in [2.05, 4.69) is 37.9 Å². The Hall–Kier alpha value is -0.660. The molecule has 0 fully saturated rings. The van der Waals surface area contributed by atoms with Crippen LogP contribution in [0.3, 0.4) is 0 Å². The maximum atomic E-state index is 9.85. The van der Waals surface area contributed by atoms with E-state index in [0.717, 1.165) is 55.8 Å². The standard InChI is InChI=1S/3C5H10O2S.C3H8O3/c3*6-5(7)3-1-2-4-8;4-1-3(6)2-5/h3*8H,1-4H2,(H,6,7);3-6H,1-2H2. The first-order valence-corrected chi connectivity index (χ1v) is 11.4. The monoisotopic (exact) mass is 494 g/mol. The van der Waals surface area contributed by atoms with Crippen LogP contribution in [0.5, 0.6) is 0 Å². The van der Waals surface area contributed by atoms with Crippen molar-refractivity contribution in [1.82, 2.24) is 0 Å². The lowest BCUT2D eigenvalue weighted by atomic mass is 10.3. The Labute approximate surface area is 195 Å². The molecule has 0 radical (unpaired) electrons. The first-order chi connectivity index (χ1) is 14.1. The second-order valence-electron chi connectivity index (χ2n) is 5.74. The summed E-state index contributed by atoms with van der Waals surface area (Å²) in [6.07, 6.45) is 4.82. The Kier molecular flexibility index (Phi) is 40.4. The summed E-state index contributed by atoms with van der Waals surface area (Å²) in [6.45, 7) is -0.729. The number of hydrogen-bond donors (Lipinski definition) is 9. The largest absolute Gasteiger partial charge is 0.481 e. The molecule has 6 N–H and O–H groups in total. The molecular formula is C18H38O9S3. The number of thiol groups is 3. The molecule has 30 heavy (non-hydrogen) atoms. The molecule has 0 aromatic carbocycles. The van der Waals surface area contributed by atoms with Crippen LogP contribution in [0.4, 0.5) is 0 Å². The van der Waals surface area contributed by atoms with Crippen LogP contribution < -0.4 is 0 Å². The molecule has 12 heteroatoms. The summed E-state index contributed by atoms with van der Waals surface area (Å²) in [7, 11) is 0.